The summed E-state index contributed by atoms with van der Waals surface area (Å²) in [5, 5.41) is 0. The third kappa shape index (κ3) is 2.03. The van der Waals surface area contributed by atoms with Gasteiger partial charge < -0.3 is 9.64 Å². The fourth-order valence-electron chi connectivity index (χ4n) is 3.55. The van der Waals surface area contributed by atoms with Crippen molar-refractivity contribution in [2.75, 3.05) is 14.1 Å². The number of nitrogens with zero attached hydrogens (tertiary/aromatic N) is 1. The summed E-state index contributed by atoms with van der Waals surface area (Å²) in [6.45, 7) is 0. The van der Waals surface area contributed by atoms with Crippen LogP contribution in [0, 0.1) is 0 Å². The Bertz CT molecular complexity index is 421. The van der Waals surface area contributed by atoms with Crippen LogP contribution in [0.5, 0.6) is 5.75 Å². The standard InChI is InChI=1S/C16H23NO/c1-17(2)14-12-16(10-6-3-7-11-16)18-15-9-5-4-8-13(14)15/h4-5,8-9,14H,3,6-7,10-12H2,1-2H3. The topological polar surface area (TPSA) is 12.5 Å². The molecule has 1 aliphatic heterocycles. The summed E-state index contributed by atoms with van der Waals surface area (Å²) < 4.78 is 6.41. The molecule has 3 rings (SSSR count). The van der Waals surface area contributed by atoms with Gasteiger partial charge in [0.25, 0.3) is 0 Å². The van der Waals surface area contributed by atoms with Crippen LogP contribution in [0.25, 0.3) is 0 Å². The number of benzene rings is 1. The lowest BCUT2D eigenvalue weighted by atomic mass is 9.77. The zero-order valence-electron chi connectivity index (χ0n) is 11.5. The van der Waals surface area contributed by atoms with Gasteiger partial charge in [-0.2, -0.15) is 0 Å². The maximum absolute atomic E-state index is 6.41. The number of ether oxygens (including phenoxy) is 1. The van der Waals surface area contributed by atoms with Crippen molar-refractivity contribution in [1.82, 2.24) is 4.90 Å². The molecule has 0 radical (unpaired) electrons. The molecule has 0 N–H and O–H groups in total. The monoisotopic (exact) mass is 245 g/mol. The molecular weight excluding hydrogens is 222 g/mol. The van der Waals surface area contributed by atoms with Crippen LogP contribution < -0.4 is 4.74 Å². The summed E-state index contributed by atoms with van der Waals surface area (Å²) in [5.74, 6) is 1.12. The first-order chi connectivity index (χ1) is 8.70. The number of hydrogen-bond acceptors (Lipinski definition) is 2. The van der Waals surface area contributed by atoms with E-state index in [1.165, 1.54) is 37.7 Å². The van der Waals surface area contributed by atoms with E-state index in [9.17, 15) is 0 Å². The highest BCUT2D eigenvalue weighted by atomic mass is 16.5. The van der Waals surface area contributed by atoms with Crippen LogP contribution >= 0.6 is 0 Å². The first-order valence-electron chi connectivity index (χ1n) is 7.15. The normalized spacial score (nSPS) is 25.8. The van der Waals surface area contributed by atoms with Gasteiger partial charge in [0, 0.05) is 18.0 Å². The van der Waals surface area contributed by atoms with Crippen LogP contribution in [-0.4, -0.2) is 24.6 Å². The van der Waals surface area contributed by atoms with E-state index < -0.39 is 0 Å². The van der Waals surface area contributed by atoms with Gasteiger partial charge in [-0.15, -0.1) is 0 Å². The van der Waals surface area contributed by atoms with E-state index in [2.05, 4.69) is 43.3 Å². The molecule has 1 aromatic rings. The molecule has 1 atom stereocenters. The van der Waals surface area contributed by atoms with Crippen LogP contribution in [0.2, 0.25) is 0 Å². The van der Waals surface area contributed by atoms with E-state index in [0.717, 1.165) is 12.2 Å². The zero-order chi connectivity index (χ0) is 12.6. The Kier molecular flexibility index (Phi) is 3.06. The summed E-state index contributed by atoms with van der Waals surface area (Å²) in [6.07, 6.45) is 7.62. The Morgan fingerprint density at radius 3 is 2.56 bits per heavy atom. The fourth-order valence-corrected chi connectivity index (χ4v) is 3.55. The predicted molar refractivity (Wildman–Crippen MR) is 73.9 cm³/mol. The van der Waals surface area contributed by atoms with E-state index in [4.69, 9.17) is 4.74 Å². The van der Waals surface area contributed by atoms with Gasteiger partial charge in [-0.3, -0.25) is 0 Å². The summed E-state index contributed by atoms with van der Waals surface area (Å²) in [7, 11) is 4.37. The Morgan fingerprint density at radius 2 is 1.83 bits per heavy atom. The van der Waals surface area contributed by atoms with Gasteiger partial charge in [0.2, 0.25) is 0 Å². The molecule has 0 amide bonds. The molecule has 1 unspecified atom stereocenters. The summed E-state index contributed by atoms with van der Waals surface area (Å²) in [6, 6.07) is 9.08. The van der Waals surface area contributed by atoms with Gasteiger partial charge >= 0.3 is 0 Å². The lowest BCUT2D eigenvalue weighted by Crippen LogP contribution is -2.45. The molecule has 2 aliphatic rings. The molecule has 1 fully saturated rings. The molecule has 2 nitrogen and oxygen atoms in total. The van der Waals surface area contributed by atoms with Crippen LogP contribution in [0.4, 0.5) is 0 Å². The number of hydrogen-bond donors (Lipinski definition) is 0. The van der Waals surface area contributed by atoms with E-state index >= 15 is 0 Å². The molecular formula is C16H23NO. The quantitative estimate of drug-likeness (QED) is 0.746. The van der Waals surface area contributed by atoms with Gasteiger partial charge in [0.15, 0.2) is 0 Å². The van der Waals surface area contributed by atoms with E-state index in [0.29, 0.717) is 6.04 Å². The van der Waals surface area contributed by atoms with Crippen molar-refractivity contribution in [1.29, 1.82) is 0 Å². The van der Waals surface area contributed by atoms with Crippen molar-refractivity contribution in [3.05, 3.63) is 29.8 Å². The molecule has 0 bridgehead atoms. The maximum Gasteiger partial charge on any atom is 0.124 e. The van der Waals surface area contributed by atoms with Crippen LogP contribution in [0.1, 0.15) is 50.1 Å². The highest BCUT2D eigenvalue weighted by Gasteiger charge is 2.42. The van der Waals surface area contributed by atoms with E-state index in [-0.39, 0.29) is 5.60 Å². The summed E-state index contributed by atoms with van der Waals surface area (Å²) >= 11 is 0. The average Bonchev–Trinajstić information content (AvgIpc) is 2.38. The van der Waals surface area contributed by atoms with Crippen LogP contribution in [0.15, 0.2) is 24.3 Å². The molecule has 0 aromatic heterocycles. The van der Waals surface area contributed by atoms with Gasteiger partial charge in [0.1, 0.15) is 11.4 Å². The molecule has 0 saturated heterocycles. The van der Waals surface area contributed by atoms with Gasteiger partial charge in [-0.1, -0.05) is 24.6 Å². The summed E-state index contributed by atoms with van der Waals surface area (Å²) in [4.78, 5) is 2.34. The molecule has 1 aromatic carbocycles. The van der Waals surface area contributed by atoms with Crippen molar-refractivity contribution in [2.24, 2.45) is 0 Å². The van der Waals surface area contributed by atoms with Crippen LogP contribution in [0.3, 0.4) is 0 Å². The van der Waals surface area contributed by atoms with Crippen molar-refractivity contribution in [3.8, 4) is 5.75 Å². The average molecular weight is 245 g/mol. The lowest BCUT2D eigenvalue weighted by Gasteiger charge is -2.46. The Balaban J connectivity index is 1.96. The minimum absolute atomic E-state index is 0.113. The Labute approximate surface area is 110 Å². The van der Waals surface area contributed by atoms with Crippen molar-refractivity contribution < 1.29 is 4.74 Å². The lowest BCUT2D eigenvalue weighted by molar-refractivity contribution is -0.0170. The third-order valence-electron chi connectivity index (χ3n) is 4.56. The number of fused-ring (bicyclic) bond motifs is 1. The molecule has 1 spiro atoms. The maximum atomic E-state index is 6.41. The number of rotatable bonds is 1. The minimum atomic E-state index is 0.113. The molecule has 98 valence electrons. The first kappa shape index (κ1) is 12.0. The van der Waals surface area contributed by atoms with Crippen molar-refractivity contribution >= 4 is 0 Å². The minimum Gasteiger partial charge on any atom is -0.487 e. The first-order valence-corrected chi connectivity index (χ1v) is 7.15. The largest absolute Gasteiger partial charge is 0.487 e. The smallest absolute Gasteiger partial charge is 0.124 e. The SMILES string of the molecule is CN(C)C1CC2(CCCCC2)Oc2ccccc21. The van der Waals surface area contributed by atoms with E-state index in [1.54, 1.807) is 0 Å². The molecule has 1 heterocycles. The van der Waals surface area contributed by atoms with Gasteiger partial charge in [-0.25, -0.2) is 0 Å². The molecule has 1 aliphatic carbocycles. The van der Waals surface area contributed by atoms with Crippen molar-refractivity contribution in [2.45, 2.75) is 50.2 Å². The predicted octanol–water partition coefficient (Wildman–Crippen LogP) is 3.77. The highest BCUT2D eigenvalue weighted by Crippen LogP contribution is 2.47. The van der Waals surface area contributed by atoms with Crippen molar-refractivity contribution in [3.63, 3.8) is 0 Å². The molecule has 18 heavy (non-hydrogen) atoms. The molecule has 2 heteroatoms. The second kappa shape index (κ2) is 4.58. The van der Waals surface area contributed by atoms with Gasteiger partial charge in [-0.05, 0) is 45.8 Å². The Hall–Kier alpha value is -1.02. The summed E-state index contributed by atoms with van der Waals surface area (Å²) in [5.41, 5.74) is 1.47. The second-order valence-electron chi connectivity index (χ2n) is 6.07. The second-order valence-corrected chi connectivity index (χ2v) is 6.07. The van der Waals surface area contributed by atoms with Crippen LogP contribution in [-0.2, 0) is 0 Å². The zero-order valence-corrected chi connectivity index (χ0v) is 11.5. The van der Waals surface area contributed by atoms with E-state index in [1.807, 2.05) is 0 Å². The third-order valence-corrected chi connectivity index (χ3v) is 4.56. The Morgan fingerprint density at radius 1 is 1.11 bits per heavy atom. The van der Waals surface area contributed by atoms with Gasteiger partial charge in [0.05, 0.1) is 0 Å². The highest BCUT2D eigenvalue weighted by molar-refractivity contribution is 5.39. The fraction of sp³-hybridized carbons (Fsp3) is 0.625. The molecule has 1 saturated carbocycles. The number of para-hydroxylation sites is 1.